The van der Waals surface area contributed by atoms with E-state index in [1.807, 2.05) is 0 Å². The Hall–Kier alpha value is 4.44. The summed E-state index contributed by atoms with van der Waals surface area (Å²) in [6.45, 7) is 0. The molecule has 0 aliphatic heterocycles. The van der Waals surface area contributed by atoms with Crippen molar-refractivity contribution in [2.75, 3.05) is 0 Å². The van der Waals surface area contributed by atoms with Crippen LogP contribution in [0.15, 0.2) is 0 Å². The predicted molar refractivity (Wildman–Crippen MR) is 57.0 cm³/mol. The van der Waals surface area contributed by atoms with Gasteiger partial charge < -0.3 is 1.43 Å². The van der Waals surface area contributed by atoms with Gasteiger partial charge in [-0.2, -0.15) is 0 Å². The Morgan fingerprint density at radius 2 is 0.875 bits per heavy atom. The number of hydrogen-bond acceptors (Lipinski definition) is 0. The van der Waals surface area contributed by atoms with Gasteiger partial charge in [0.1, 0.15) is 0 Å². The van der Waals surface area contributed by atoms with E-state index in [0.29, 0.717) is 0 Å². The van der Waals surface area contributed by atoms with Gasteiger partial charge in [0.05, 0.1) is 8.41 Å². The third kappa shape index (κ3) is 47.2. The quantitative estimate of drug-likeness (QED) is 0.440. The van der Waals surface area contributed by atoms with Crippen molar-refractivity contribution in [2.45, 2.75) is 0 Å². The third-order valence-corrected chi connectivity index (χ3v) is 0. The molecule has 0 rings (SSSR count). The number of hydrogen-bond donors (Lipinski definition) is 0. The van der Waals surface area contributed by atoms with Crippen molar-refractivity contribution < 1.29 is 43.2 Å². The van der Waals surface area contributed by atoms with Crippen LogP contribution in [0.1, 0.15) is 1.43 Å². The van der Waals surface area contributed by atoms with Crippen LogP contribution in [-0.4, -0.2) is 74.2 Å². The average molecular weight is 326 g/mol. The Bertz CT molecular complexity index is 23.8. The topological polar surface area (TPSA) is 0 Å². The second kappa shape index (κ2) is 63.2. The minimum atomic E-state index is 0. The van der Waals surface area contributed by atoms with Crippen molar-refractivity contribution in [3.05, 3.63) is 0 Å². The van der Waals surface area contributed by atoms with Crippen molar-refractivity contribution >= 4 is 111 Å². The molecule has 0 heterocycles. The van der Waals surface area contributed by atoms with Crippen LogP contribution < -0.4 is 0 Å². The van der Waals surface area contributed by atoms with Crippen molar-refractivity contribution in [3.63, 3.8) is 0 Å². The summed E-state index contributed by atoms with van der Waals surface area (Å²) >= 11 is 0. The zero-order chi connectivity index (χ0) is 0. The van der Waals surface area contributed by atoms with Gasteiger partial charge in [0.15, 0.2) is 17.4 Å². The summed E-state index contributed by atoms with van der Waals surface area (Å²) in [6, 6.07) is 0. The predicted octanol–water partition coefficient (Wildman–Crippen LogP) is -2.29. The van der Waals surface area contributed by atoms with Gasteiger partial charge in [-0.25, -0.2) is 0 Å². The molecule has 0 bridgehead atoms. The van der Waals surface area contributed by atoms with Crippen LogP contribution in [0.2, 0.25) is 0 Å². The van der Waals surface area contributed by atoms with Crippen molar-refractivity contribution in [2.24, 2.45) is 0 Å². The second-order valence-electron chi connectivity index (χ2n) is 0. The van der Waals surface area contributed by atoms with Crippen LogP contribution in [0.4, 0.5) is 0 Å². The normalized spacial score (nSPS) is 0. The summed E-state index contributed by atoms with van der Waals surface area (Å²) in [5, 5.41) is 0. The van der Waals surface area contributed by atoms with E-state index in [1.54, 1.807) is 0 Å². The van der Waals surface area contributed by atoms with E-state index < -0.39 is 0 Å². The summed E-state index contributed by atoms with van der Waals surface area (Å²) in [7, 11) is 0. The van der Waals surface area contributed by atoms with Gasteiger partial charge in [0.25, 0.3) is 0 Å². The number of halogens is 3. The van der Waals surface area contributed by atoms with E-state index in [4.69, 9.17) is 0 Å². The maximum absolute atomic E-state index is 0. The van der Waals surface area contributed by atoms with E-state index in [-0.39, 0.29) is 155 Å². The SMILES string of the molecule is B.Cl.Cl.Cl.[AlH3].[Ce].[H-].[LiH].[NaH]. The molecule has 8 heavy (non-hydrogen) atoms. The van der Waals surface area contributed by atoms with E-state index in [1.165, 1.54) is 0 Å². The van der Waals surface area contributed by atoms with E-state index in [9.17, 15) is 0 Å². The van der Waals surface area contributed by atoms with Crippen LogP contribution in [0, 0.1) is 41.7 Å². The van der Waals surface area contributed by atoms with Gasteiger partial charge in [0, 0.05) is 41.7 Å². The Labute approximate surface area is 151 Å². The molecule has 0 nitrogen and oxygen atoms in total. The molecular weight excluding hydrogens is 314 g/mol. The Morgan fingerprint density at radius 1 is 0.875 bits per heavy atom. The fourth-order valence-electron chi connectivity index (χ4n) is 0. The molecule has 0 spiro atoms. The minimum absolute atomic E-state index is 0. The van der Waals surface area contributed by atoms with Crippen molar-refractivity contribution in [1.82, 2.24) is 0 Å². The number of rotatable bonds is 0. The second-order valence-corrected chi connectivity index (χ2v) is 0. The first-order valence-electron chi connectivity index (χ1n) is 0. The van der Waals surface area contributed by atoms with E-state index in [2.05, 4.69) is 0 Å². The molecule has 0 atom stereocenters. The van der Waals surface area contributed by atoms with Gasteiger partial charge in [-0.1, -0.05) is 0 Å². The molecule has 0 aliphatic carbocycles. The first-order valence-corrected chi connectivity index (χ1v) is 0. The molecule has 0 saturated carbocycles. The maximum atomic E-state index is 0. The van der Waals surface area contributed by atoms with Gasteiger partial charge in [-0.15, -0.1) is 37.2 Å². The molecule has 0 amide bonds. The molecular formula is H12AlBCeCl3LiNa-. The third-order valence-electron chi connectivity index (χ3n) is 0. The fraction of sp³-hybridized carbons (Fsp3) is 0. The van der Waals surface area contributed by atoms with Crippen LogP contribution in [0.5, 0.6) is 0 Å². The van der Waals surface area contributed by atoms with Crippen LogP contribution in [0.25, 0.3) is 0 Å². The average Bonchev–Trinajstić information content (AvgIpc) is 0. The molecule has 0 aromatic heterocycles. The molecule has 0 aliphatic rings. The monoisotopic (exact) mass is 325 g/mol. The zero-order valence-electron chi connectivity index (χ0n) is 2.72. The molecule has 0 radical (unpaired) electrons. The molecule has 46 valence electrons. The summed E-state index contributed by atoms with van der Waals surface area (Å²) in [4.78, 5) is 0. The first kappa shape index (κ1) is 82.6. The fourth-order valence-corrected chi connectivity index (χ4v) is 0. The van der Waals surface area contributed by atoms with Crippen LogP contribution in [0.3, 0.4) is 0 Å². The molecule has 0 saturated heterocycles. The molecule has 0 N–H and O–H groups in total. The van der Waals surface area contributed by atoms with Crippen LogP contribution in [-0.2, 0) is 0 Å². The van der Waals surface area contributed by atoms with Gasteiger partial charge >= 0.3 is 48.4 Å². The van der Waals surface area contributed by atoms with Crippen molar-refractivity contribution in [1.29, 1.82) is 0 Å². The van der Waals surface area contributed by atoms with E-state index in [0.717, 1.165) is 0 Å². The summed E-state index contributed by atoms with van der Waals surface area (Å²) in [5.74, 6) is 0. The molecule has 0 aromatic rings. The zero-order valence-corrected chi connectivity index (χ0v) is 7.31. The molecule has 0 aromatic carbocycles. The molecule has 0 fully saturated rings. The van der Waals surface area contributed by atoms with Gasteiger partial charge in [0.2, 0.25) is 0 Å². The van der Waals surface area contributed by atoms with Gasteiger partial charge in [-0.3, -0.25) is 0 Å². The first-order chi connectivity index (χ1) is 0. The van der Waals surface area contributed by atoms with Crippen LogP contribution >= 0.6 is 37.2 Å². The molecule has 8 heteroatoms. The standard InChI is InChI=1S/Al.BH3.Ce.3ClH.Li.Na.6H/h;1H3;;3*1H;;;;;;;;/q;;;;;;;;;;;;;-1. The summed E-state index contributed by atoms with van der Waals surface area (Å²) < 4.78 is 0. The van der Waals surface area contributed by atoms with Crippen molar-refractivity contribution in [3.8, 4) is 0 Å². The van der Waals surface area contributed by atoms with E-state index >= 15 is 0 Å². The summed E-state index contributed by atoms with van der Waals surface area (Å²) in [6.07, 6.45) is 0. The Balaban J connectivity index is 0. The Morgan fingerprint density at radius 3 is 0.875 bits per heavy atom. The molecule has 0 unspecified atom stereocenters. The summed E-state index contributed by atoms with van der Waals surface area (Å²) in [5.41, 5.74) is 0. The Kier molecular flexibility index (Phi) is 653. The van der Waals surface area contributed by atoms with Gasteiger partial charge in [-0.05, 0) is 0 Å².